The van der Waals surface area contributed by atoms with Gasteiger partial charge in [-0.25, -0.2) is 0 Å². The van der Waals surface area contributed by atoms with Gasteiger partial charge in [0.1, 0.15) is 5.69 Å². The number of halogens is 3. The molecule has 2 rings (SSSR count). The number of carbonyl (C=O) groups is 2. The molecule has 1 amide bonds. The summed E-state index contributed by atoms with van der Waals surface area (Å²) in [7, 11) is 0. The summed E-state index contributed by atoms with van der Waals surface area (Å²) in [6, 6.07) is 0. The Balaban J connectivity index is 2.25. The van der Waals surface area contributed by atoms with Crippen molar-refractivity contribution in [3.05, 3.63) is 22.5 Å². The average Bonchev–Trinajstić information content (AvgIpc) is 2.72. The summed E-state index contributed by atoms with van der Waals surface area (Å²) in [5.74, 6) is -2.12. The number of Topliss-reactive ketones (excluding diaryl/α,β-unsaturated/α-hetero) is 1. The lowest BCUT2D eigenvalue weighted by Gasteiger charge is -2.33. The highest BCUT2D eigenvalue weighted by Crippen LogP contribution is 2.33. The lowest BCUT2D eigenvalue weighted by atomic mass is 9.97. The Morgan fingerprint density at radius 3 is 2.41 bits per heavy atom. The molecule has 1 fully saturated rings. The number of rotatable bonds is 2. The predicted molar refractivity (Wildman–Crippen MR) is 75.0 cm³/mol. The van der Waals surface area contributed by atoms with Crippen LogP contribution in [0, 0.1) is 19.8 Å². The van der Waals surface area contributed by atoms with Gasteiger partial charge in [-0.2, -0.15) is 13.2 Å². The molecule has 1 atom stereocenters. The number of amides is 1. The highest BCUT2D eigenvalue weighted by atomic mass is 19.4. The lowest BCUT2D eigenvalue weighted by Crippen LogP contribution is -2.44. The SMILES string of the molecule is CC(=O)c1c(C)[nH]c(C(=O)N2CCC[C@H](C(F)(F)F)C2)c1C. The van der Waals surface area contributed by atoms with Crippen LogP contribution < -0.4 is 0 Å². The van der Waals surface area contributed by atoms with Gasteiger partial charge in [0.25, 0.3) is 5.91 Å². The summed E-state index contributed by atoms with van der Waals surface area (Å²) in [5.41, 5.74) is 1.72. The normalized spacial score (nSPS) is 19.4. The van der Waals surface area contributed by atoms with E-state index in [1.54, 1.807) is 13.8 Å². The Morgan fingerprint density at radius 2 is 1.91 bits per heavy atom. The van der Waals surface area contributed by atoms with Crippen LogP contribution in [0.2, 0.25) is 0 Å². The van der Waals surface area contributed by atoms with Gasteiger partial charge in [0, 0.05) is 24.3 Å². The van der Waals surface area contributed by atoms with Gasteiger partial charge in [-0.05, 0) is 39.2 Å². The third kappa shape index (κ3) is 3.03. The van der Waals surface area contributed by atoms with Gasteiger partial charge in [-0.15, -0.1) is 0 Å². The van der Waals surface area contributed by atoms with Crippen molar-refractivity contribution in [2.45, 2.75) is 39.8 Å². The third-order valence-electron chi connectivity index (χ3n) is 4.17. The predicted octanol–water partition coefficient (Wildman–Crippen LogP) is 3.25. The minimum atomic E-state index is -4.29. The zero-order valence-corrected chi connectivity index (χ0v) is 12.8. The molecule has 4 nitrogen and oxygen atoms in total. The van der Waals surface area contributed by atoms with Crippen molar-refractivity contribution in [2.75, 3.05) is 13.1 Å². The molecule has 1 N–H and O–H groups in total. The number of ketones is 1. The summed E-state index contributed by atoms with van der Waals surface area (Å²) < 4.78 is 38.5. The van der Waals surface area contributed by atoms with Crippen LogP contribution in [0.4, 0.5) is 13.2 Å². The van der Waals surface area contributed by atoms with E-state index in [0.717, 1.165) is 0 Å². The van der Waals surface area contributed by atoms with E-state index in [1.807, 2.05) is 0 Å². The van der Waals surface area contributed by atoms with Gasteiger partial charge in [-0.3, -0.25) is 9.59 Å². The van der Waals surface area contributed by atoms with Gasteiger partial charge in [-0.1, -0.05) is 0 Å². The molecule has 0 aliphatic carbocycles. The number of hydrogen-bond acceptors (Lipinski definition) is 2. The molecule has 2 heterocycles. The quantitative estimate of drug-likeness (QED) is 0.852. The smallest absolute Gasteiger partial charge is 0.354 e. The van der Waals surface area contributed by atoms with Crippen molar-refractivity contribution in [3.63, 3.8) is 0 Å². The molecular formula is C15H19F3N2O2. The van der Waals surface area contributed by atoms with Crippen LogP contribution in [0.1, 0.15) is 51.9 Å². The number of H-pyrrole nitrogens is 1. The number of nitrogens with zero attached hydrogens (tertiary/aromatic N) is 1. The largest absolute Gasteiger partial charge is 0.393 e. The highest BCUT2D eigenvalue weighted by Gasteiger charge is 2.43. The van der Waals surface area contributed by atoms with Gasteiger partial charge in [0.2, 0.25) is 0 Å². The second-order valence-corrected chi connectivity index (χ2v) is 5.81. The molecule has 0 aromatic carbocycles. The number of hydrogen-bond donors (Lipinski definition) is 1. The minimum Gasteiger partial charge on any atom is -0.354 e. The van der Waals surface area contributed by atoms with Gasteiger partial charge in [0.05, 0.1) is 5.92 Å². The highest BCUT2D eigenvalue weighted by molar-refractivity contribution is 6.02. The minimum absolute atomic E-state index is 0.0503. The molecule has 122 valence electrons. The lowest BCUT2D eigenvalue weighted by molar-refractivity contribution is -0.184. The number of nitrogens with one attached hydrogen (secondary N) is 1. The number of aryl methyl sites for hydroxylation is 1. The molecule has 0 radical (unpaired) electrons. The number of likely N-dealkylation sites (tertiary alicyclic amines) is 1. The molecule has 22 heavy (non-hydrogen) atoms. The van der Waals surface area contributed by atoms with E-state index < -0.39 is 18.0 Å². The third-order valence-corrected chi connectivity index (χ3v) is 4.17. The molecular weight excluding hydrogens is 297 g/mol. The molecule has 1 aromatic rings. The standard InChI is InChI=1S/C15H19F3N2O2/c1-8-12(10(3)21)9(2)19-13(8)14(22)20-6-4-5-11(7-20)15(16,17)18/h11,19H,4-7H2,1-3H3/t11-/m0/s1. The van der Waals surface area contributed by atoms with Crippen LogP contribution in [0.5, 0.6) is 0 Å². The summed E-state index contributed by atoms with van der Waals surface area (Å²) >= 11 is 0. The van der Waals surface area contributed by atoms with E-state index in [2.05, 4.69) is 4.98 Å². The maximum atomic E-state index is 12.8. The molecule has 0 saturated carbocycles. The van der Waals surface area contributed by atoms with E-state index in [1.165, 1.54) is 11.8 Å². The van der Waals surface area contributed by atoms with Crippen LogP contribution in [0.3, 0.4) is 0 Å². The Labute approximate surface area is 126 Å². The van der Waals surface area contributed by atoms with Crippen LogP contribution in [0.25, 0.3) is 0 Å². The summed E-state index contributed by atoms with van der Waals surface area (Å²) in [6.45, 7) is 4.69. The molecule has 1 saturated heterocycles. The maximum absolute atomic E-state index is 12.8. The van der Waals surface area contributed by atoms with Gasteiger partial charge in [0.15, 0.2) is 5.78 Å². The number of aromatic amines is 1. The molecule has 0 bridgehead atoms. The van der Waals surface area contributed by atoms with E-state index in [9.17, 15) is 22.8 Å². The van der Waals surface area contributed by atoms with Crippen molar-refractivity contribution in [1.82, 2.24) is 9.88 Å². The first kappa shape index (κ1) is 16.6. The van der Waals surface area contributed by atoms with Crippen LogP contribution in [0.15, 0.2) is 0 Å². The Morgan fingerprint density at radius 1 is 1.27 bits per heavy atom. The second-order valence-electron chi connectivity index (χ2n) is 5.81. The zero-order chi connectivity index (χ0) is 16.7. The fourth-order valence-electron chi connectivity index (χ4n) is 3.08. The monoisotopic (exact) mass is 316 g/mol. The van der Waals surface area contributed by atoms with Crippen molar-refractivity contribution in [3.8, 4) is 0 Å². The number of alkyl halides is 3. The molecule has 0 spiro atoms. The Hall–Kier alpha value is -1.79. The van der Waals surface area contributed by atoms with Crippen LogP contribution >= 0.6 is 0 Å². The second kappa shape index (κ2) is 5.78. The van der Waals surface area contributed by atoms with E-state index >= 15 is 0 Å². The molecule has 7 heteroatoms. The fraction of sp³-hybridized carbons (Fsp3) is 0.600. The van der Waals surface area contributed by atoms with Crippen molar-refractivity contribution < 1.29 is 22.8 Å². The number of piperidine rings is 1. The fourth-order valence-corrected chi connectivity index (χ4v) is 3.08. The first-order valence-corrected chi connectivity index (χ1v) is 7.19. The summed E-state index contributed by atoms with van der Waals surface area (Å²) in [6.07, 6.45) is -3.91. The van der Waals surface area contributed by atoms with Crippen LogP contribution in [-0.2, 0) is 0 Å². The molecule has 1 aliphatic rings. The number of carbonyl (C=O) groups excluding carboxylic acids is 2. The topological polar surface area (TPSA) is 53.2 Å². The van der Waals surface area contributed by atoms with Crippen molar-refractivity contribution >= 4 is 11.7 Å². The molecule has 0 unspecified atom stereocenters. The first-order valence-electron chi connectivity index (χ1n) is 7.19. The van der Waals surface area contributed by atoms with Gasteiger partial charge >= 0.3 is 6.18 Å². The summed E-state index contributed by atoms with van der Waals surface area (Å²) in [4.78, 5) is 28.2. The van der Waals surface area contributed by atoms with E-state index in [0.29, 0.717) is 29.8 Å². The van der Waals surface area contributed by atoms with E-state index in [-0.39, 0.29) is 24.4 Å². The Bertz CT molecular complexity index is 605. The van der Waals surface area contributed by atoms with Crippen molar-refractivity contribution in [1.29, 1.82) is 0 Å². The Kier molecular flexibility index (Phi) is 4.35. The summed E-state index contributed by atoms with van der Waals surface area (Å²) in [5, 5.41) is 0. The number of aromatic nitrogens is 1. The van der Waals surface area contributed by atoms with Crippen LogP contribution in [-0.4, -0.2) is 40.8 Å². The zero-order valence-electron chi connectivity index (χ0n) is 12.8. The van der Waals surface area contributed by atoms with Gasteiger partial charge < -0.3 is 9.88 Å². The first-order chi connectivity index (χ1) is 10.1. The maximum Gasteiger partial charge on any atom is 0.393 e. The molecule has 1 aliphatic heterocycles. The van der Waals surface area contributed by atoms with Crippen molar-refractivity contribution in [2.24, 2.45) is 5.92 Å². The molecule has 1 aromatic heterocycles. The average molecular weight is 316 g/mol. The van der Waals surface area contributed by atoms with E-state index in [4.69, 9.17) is 0 Å².